The van der Waals surface area contributed by atoms with Crippen LogP contribution in [0.25, 0.3) is 0 Å². The lowest BCUT2D eigenvalue weighted by atomic mass is 9.93. The van der Waals surface area contributed by atoms with E-state index in [1.807, 2.05) is 13.8 Å². The smallest absolute Gasteiger partial charge is 0.314 e. The largest absolute Gasteiger partial charge is 0.466 e. The van der Waals surface area contributed by atoms with Gasteiger partial charge in [0.05, 0.1) is 19.8 Å². The molecule has 0 bridgehead atoms. The van der Waals surface area contributed by atoms with E-state index in [1.54, 1.807) is 0 Å². The van der Waals surface area contributed by atoms with Gasteiger partial charge in [-0.15, -0.1) is 0 Å². The average molecular weight is 244 g/mol. The lowest BCUT2D eigenvalue weighted by Gasteiger charge is -2.30. The molecule has 4 nitrogen and oxygen atoms in total. The molecule has 100 valence electrons. The molecule has 0 saturated carbocycles. The van der Waals surface area contributed by atoms with Crippen LogP contribution in [0.2, 0.25) is 0 Å². The van der Waals surface area contributed by atoms with E-state index < -0.39 is 5.79 Å². The quantitative estimate of drug-likeness (QED) is 0.510. The van der Waals surface area contributed by atoms with Crippen LogP contribution in [0.1, 0.15) is 46.5 Å². The van der Waals surface area contributed by atoms with E-state index in [1.165, 1.54) is 0 Å². The summed E-state index contributed by atoms with van der Waals surface area (Å²) in [5, 5.41) is 0. The maximum Gasteiger partial charge on any atom is 0.314 e. The monoisotopic (exact) mass is 244 g/mol. The van der Waals surface area contributed by atoms with Crippen LogP contribution < -0.4 is 0 Å². The molecular weight excluding hydrogens is 220 g/mol. The Kier molecular flexibility index (Phi) is 5.92. The van der Waals surface area contributed by atoms with Crippen molar-refractivity contribution < 1.29 is 19.0 Å². The molecule has 0 aromatic carbocycles. The summed E-state index contributed by atoms with van der Waals surface area (Å²) in [6.45, 7) is 7.32. The van der Waals surface area contributed by atoms with E-state index in [9.17, 15) is 4.79 Å². The van der Waals surface area contributed by atoms with Gasteiger partial charge in [0.2, 0.25) is 0 Å². The van der Waals surface area contributed by atoms with E-state index in [0.29, 0.717) is 19.8 Å². The van der Waals surface area contributed by atoms with Gasteiger partial charge in [0, 0.05) is 0 Å². The predicted octanol–water partition coefficient (Wildman–Crippen LogP) is 2.51. The van der Waals surface area contributed by atoms with E-state index in [0.717, 1.165) is 25.7 Å². The number of unbranched alkanes of at least 4 members (excludes halogenated alkanes) is 2. The van der Waals surface area contributed by atoms with Crippen LogP contribution >= 0.6 is 0 Å². The lowest BCUT2D eigenvalue weighted by Crippen LogP contribution is -2.41. The maximum atomic E-state index is 11.9. The van der Waals surface area contributed by atoms with Gasteiger partial charge in [-0.25, -0.2) is 0 Å². The van der Waals surface area contributed by atoms with Gasteiger partial charge in [0.25, 0.3) is 0 Å². The van der Waals surface area contributed by atoms with Gasteiger partial charge in [-0.2, -0.15) is 0 Å². The molecule has 0 aliphatic carbocycles. The van der Waals surface area contributed by atoms with Crippen molar-refractivity contribution in [2.75, 3.05) is 19.8 Å². The number of ether oxygens (including phenoxy) is 3. The highest BCUT2D eigenvalue weighted by atomic mass is 16.7. The maximum absolute atomic E-state index is 11.9. The third kappa shape index (κ3) is 3.96. The van der Waals surface area contributed by atoms with Crippen molar-refractivity contribution in [3.8, 4) is 0 Å². The fourth-order valence-electron chi connectivity index (χ4n) is 2.17. The molecule has 0 aromatic rings. The van der Waals surface area contributed by atoms with Gasteiger partial charge < -0.3 is 14.2 Å². The summed E-state index contributed by atoms with van der Waals surface area (Å²) in [7, 11) is 0. The van der Waals surface area contributed by atoms with Gasteiger partial charge in [0.15, 0.2) is 5.79 Å². The van der Waals surface area contributed by atoms with Crippen molar-refractivity contribution in [2.24, 2.45) is 5.92 Å². The molecule has 0 amide bonds. The fraction of sp³-hybridized carbons (Fsp3) is 0.923. The molecule has 17 heavy (non-hydrogen) atoms. The molecule has 1 aliphatic heterocycles. The van der Waals surface area contributed by atoms with Crippen LogP contribution in [0.3, 0.4) is 0 Å². The van der Waals surface area contributed by atoms with Crippen LogP contribution in [-0.4, -0.2) is 31.6 Å². The number of rotatable bonds is 7. The summed E-state index contributed by atoms with van der Waals surface area (Å²) in [6.07, 6.45) is 4.02. The highest BCUT2D eigenvalue weighted by Crippen LogP contribution is 2.32. The molecule has 1 saturated heterocycles. The summed E-state index contributed by atoms with van der Waals surface area (Å²) < 4.78 is 16.3. The number of carbonyl (C=O) groups is 1. The molecule has 1 fully saturated rings. The summed E-state index contributed by atoms with van der Waals surface area (Å²) in [5.41, 5.74) is 0. The second-order valence-electron chi connectivity index (χ2n) is 4.51. The first-order chi connectivity index (χ1) is 8.14. The highest BCUT2D eigenvalue weighted by molar-refractivity contribution is 5.73. The van der Waals surface area contributed by atoms with E-state index in [2.05, 4.69) is 6.92 Å². The molecule has 1 rings (SSSR count). The normalized spacial score (nSPS) is 20.2. The summed E-state index contributed by atoms with van der Waals surface area (Å²) in [4.78, 5) is 11.9. The molecule has 4 heteroatoms. The Hall–Kier alpha value is -0.610. The Morgan fingerprint density at radius 1 is 1.29 bits per heavy atom. The molecule has 0 aromatic heterocycles. The molecule has 1 atom stereocenters. The zero-order chi connectivity index (χ0) is 12.7. The Labute approximate surface area is 104 Å². The van der Waals surface area contributed by atoms with Gasteiger partial charge in [-0.1, -0.05) is 26.2 Å². The Balaban J connectivity index is 2.60. The van der Waals surface area contributed by atoms with Gasteiger partial charge >= 0.3 is 5.97 Å². The minimum Gasteiger partial charge on any atom is -0.466 e. The first-order valence-electron chi connectivity index (χ1n) is 6.58. The van der Waals surface area contributed by atoms with Gasteiger partial charge in [0.1, 0.15) is 5.92 Å². The van der Waals surface area contributed by atoms with Crippen molar-refractivity contribution >= 4 is 5.97 Å². The van der Waals surface area contributed by atoms with Crippen LogP contribution in [0, 0.1) is 5.92 Å². The van der Waals surface area contributed by atoms with E-state index >= 15 is 0 Å². The number of hydrogen-bond donors (Lipinski definition) is 0. The zero-order valence-electron chi connectivity index (χ0n) is 11.2. The topological polar surface area (TPSA) is 44.8 Å². The molecule has 0 N–H and O–H groups in total. The van der Waals surface area contributed by atoms with Crippen molar-refractivity contribution in [3.05, 3.63) is 0 Å². The predicted molar refractivity (Wildman–Crippen MR) is 64.6 cm³/mol. The number of carbonyl (C=O) groups excluding carboxylic acids is 1. The Bertz CT molecular complexity index is 234. The molecule has 1 unspecified atom stereocenters. The second kappa shape index (κ2) is 6.97. The van der Waals surface area contributed by atoms with Crippen molar-refractivity contribution in [2.45, 2.75) is 52.2 Å². The highest BCUT2D eigenvalue weighted by Gasteiger charge is 2.44. The molecule has 0 spiro atoms. The van der Waals surface area contributed by atoms with Crippen molar-refractivity contribution in [1.82, 2.24) is 0 Å². The van der Waals surface area contributed by atoms with E-state index in [4.69, 9.17) is 14.2 Å². The minimum absolute atomic E-state index is 0.201. The van der Waals surface area contributed by atoms with Crippen molar-refractivity contribution in [1.29, 1.82) is 0 Å². The number of hydrogen-bond acceptors (Lipinski definition) is 4. The first kappa shape index (κ1) is 14.5. The molecule has 1 heterocycles. The SMILES string of the molecule is CCCCCC(C(=O)OCC)C1(C)OCCO1. The fourth-order valence-corrected chi connectivity index (χ4v) is 2.17. The van der Waals surface area contributed by atoms with Gasteiger partial charge in [-0.3, -0.25) is 4.79 Å². The summed E-state index contributed by atoms with van der Waals surface area (Å²) >= 11 is 0. The average Bonchev–Trinajstić information content (AvgIpc) is 2.72. The molecule has 1 aliphatic rings. The van der Waals surface area contributed by atoms with Crippen LogP contribution in [-0.2, 0) is 19.0 Å². The molecule has 0 radical (unpaired) electrons. The Morgan fingerprint density at radius 3 is 2.47 bits per heavy atom. The minimum atomic E-state index is -0.792. The van der Waals surface area contributed by atoms with E-state index in [-0.39, 0.29) is 11.9 Å². The second-order valence-corrected chi connectivity index (χ2v) is 4.51. The third-order valence-electron chi connectivity index (χ3n) is 3.16. The van der Waals surface area contributed by atoms with Gasteiger partial charge in [-0.05, 0) is 20.3 Å². The van der Waals surface area contributed by atoms with Crippen LogP contribution in [0.4, 0.5) is 0 Å². The first-order valence-corrected chi connectivity index (χ1v) is 6.58. The molecular formula is C13H24O4. The Morgan fingerprint density at radius 2 is 1.94 bits per heavy atom. The standard InChI is InChI=1S/C13H24O4/c1-4-6-7-8-11(12(14)15-5-2)13(3)16-9-10-17-13/h11H,4-10H2,1-3H3. The summed E-state index contributed by atoms with van der Waals surface area (Å²) in [6, 6.07) is 0. The van der Waals surface area contributed by atoms with Crippen LogP contribution in [0.15, 0.2) is 0 Å². The zero-order valence-corrected chi connectivity index (χ0v) is 11.2. The van der Waals surface area contributed by atoms with Crippen molar-refractivity contribution in [3.63, 3.8) is 0 Å². The number of esters is 1. The van der Waals surface area contributed by atoms with Crippen LogP contribution in [0.5, 0.6) is 0 Å². The summed E-state index contributed by atoms with van der Waals surface area (Å²) in [5.74, 6) is -1.30. The lowest BCUT2D eigenvalue weighted by molar-refractivity contribution is -0.201. The third-order valence-corrected chi connectivity index (χ3v) is 3.16.